The van der Waals surface area contributed by atoms with Gasteiger partial charge in [-0.3, -0.25) is 9.59 Å². The molecule has 0 spiro atoms. The SMILES string of the molecule is CCCC(=O)Nc1ccc(Cl)c(NC(=O)COc2ccc(Br)cc2)c1. The van der Waals surface area contributed by atoms with E-state index in [9.17, 15) is 9.59 Å². The minimum absolute atomic E-state index is 0.0827. The van der Waals surface area contributed by atoms with E-state index in [1.54, 1.807) is 30.3 Å². The van der Waals surface area contributed by atoms with E-state index in [0.29, 0.717) is 28.6 Å². The third-order valence-corrected chi connectivity index (χ3v) is 4.04. The molecule has 0 unspecified atom stereocenters. The first kappa shape index (κ1) is 19.3. The minimum atomic E-state index is -0.346. The number of anilines is 2. The largest absolute Gasteiger partial charge is 0.484 e. The molecule has 0 aliphatic heterocycles. The van der Waals surface area contributed by atoms with E-state index in [1.165, 1.54) is 0 Å². The van der Waals surface area contributed by atoms with Crippen LogP contribution in [0, 0.1) is 0 Å². The standard InChI is InChI=1S/C18H18BrClN2O3/c1-2-3-17(23)21-13-6-9-15(20)16(10-13)22-18(24)11-25-14-7-4-12(19)5-8-14/h4-10H,2-3,11H2,1H3,(H,21,23)(H,22,24). The monoisotopic (exact) mass is 424 g/mol. The molecule has 0 heterocycles. The van der Waals surface area contributed by atoms with Gasteiger partial charge in [0.15, 0.2) is 6.61 Å². The number of halogens is 2. The second-order valence-corrected chi connectivity index (χ2v) is 6.61. The van der Waals surface area contributed by atoms with Crippen molar-refractivity contribution in [2.45, 2.75) is 19.8 Å². The zero-order valence-corrected chi connectivity index (χ0v) is 16.0. The molecule has 0 aromatic heterocycles. The van der Waals surface area contributed by atoms with Crippen LogP contribution in [0.2, 0.25) is 5.02 Å². The smallest absolute Gasteiger partial charge is 0.262 e. The van der Waals surface area contributed by atoms with E-state index >= 15 is 0 Å². The van der Waals surface area contributed by atoms with E-state index in [4.69, 9.17) is 16.3 Å². The molecule has 2 rings (SSSR count). The van der Waals surface area contributed by atoms with Crippen molar-refractivity contribution in [3.63, 3.8) is 0 Å². The number of carbonyl (C=O) groups excluding carboxylic acids is 2. The Hall–Kier alpha value is -2.05. The molecule has 5 nitrogen and oxygen atoms in total. The molecule has 0 saturated heterocycles. The van der Waals surface area contributed by atoms with Gasteiger partial charge in [0, 0.05) is 16.6 Å². The van der Waals surface area contributed by atoms with E-state index < -0.39 is 0 Å². The zero-order valence-electron chi connectivity index (χ0n) is 13.6. The van der Waals surface area contributed by atoms with Gasteiger partial charge in [-0.25, -0.2) is 0 Å². The number of benzene rings is 2. The molecule has 2 amide bonds. The van der Waals surface area contributed by atoms with Crippen molar-refractivity contribution in [2.75, 3.05) is 17.2 Å². The van der Waals surface area contributed by atoms with Crippen LogP contribution in [-0.4, -0.2) is 18.4 Å². The van der Waals surface area contributed by atoms with Crippen molar-refractivity contribution in [2.24, 2.45) is 0 Å². The van der Waals surface area contributed by atoms with Crippen LogP contribution in [-0.2, 0) is 9.59 Å². The maximum Gasteiger partial charge on any atom is 0.262 e. The molecule has 0 atom stereocenters. The van der Waals surface area contributed by atoms with Crippen LogP contribution in [0.3, 0.4) is 0 Å². The Kier molecular flexibility index (Phi) is 7.28. The van der Waals surface area contributed by atoms with E-state index in [0.717, 1.165) is 10.9 Å². The topological polar surface area (TPSA) is 67.4 Å². The Morgan fingerprint density at radius 2 is 1.80 bits per heavy atom. The van der Waals surface area contributed by atoms with Crippen molar-refractivity contribution < 1.29 is 14.3 Å². The molecule has 0 fully saturated rings. The van der Waals surface area contributed by atoms with Gasteiger partial charge in [-0.1, -0.05) is 34.5 Å². The van der Waals surface area contributed by atoms with Crippen LogP contribution in [0.25, 0.3) is 0 Å². The van der Waals surface area contributed by atoms with Gasteiger partial charge in [-0.05, 0) is 48.9 Å². The summed E-state index contributed by atoms with van der Waals surface area (Å²) in [6.07, 6.45) is 1.20. The number of nitrogens with one attached hydrogen (secondary N) is 2. The van der Waals surface area contributed by atoms with Crippen LogP contribution in [0.15, 0.2) is 46.9 Å². The lowest BCUT2D eigenvalue weighted by molar-refractivity contribution is -0.118. The maximum atomic E-state index is 12.0. The van der Waals surface area contributed by atoms with Gasteiger partial charge >= 0.3 is 0 Å². The van der Waals surface area contributed by atoms with Crippen LogP contribution in [0.4, 0.5) is 11.4 Å². The highest BCUT2D eigenvalue weighted by Gasteiger charge is 2.09. The van der Waals surface area contributed by atoms with Crippen molar-refractivity contribution in [1.29, 1.82) is 0 Å². The molecule has 2 N–H and O–H groups in total. The molecule has 2 aromatic rings. The van der Waals surface area contributed by atoms with Gasteiger partial charge in [0.1, 0.15) is 5.75 Å². The first-order valence-electron chi connectivity index (χ1n) is 7.75. The predicted octanol–water partition coefficient (Wildman–Crippen LogP) is 4.86. The zero-order chi connectivity index (χ0) is 18.2. The number of ether oxygens (including phenoxy) is 1. The minimum Gasteiger partial charge on any atom is -0.484 e. The summed E-state index contributed by atoms with van der Waals surface area (Å²) in [6.45, 7) is 1.78. The molecular weight excluding hydrogens is 408 g/mol. The van der Waals surface area contributed by atoms with Gasteiger partial charge in [-0.15, -0.1) is 0 Å². The van der Waals surface area contributed by atoms with Gasteiger partial charge in [0.2, 0.25) is 5.91 Å². The lowest BCUT2D eigenvalue weighted by Gasteiger charge is -2.11. The van der Waals surface area contributed by atoms with Crippen molar-refractivity contribution in [3.8, 4) is 5.75 Å². The molecule has 0 aliphatic carbocycles. The Labute approximate surface area is 159 Å². The van der Waals surface area contributed by atoms with Crippen LogP contribution < -0.4 is 15.4 Å². The van der Waals surface area contributed by atoms with Crippen LogP contribution in [0.1, 0.15) is 19.8 Å². The number of hydrogen-bond donors (Lipinski definition) is 2. The Morgan fingerprint density at radius 1 is 1.08 bits per heavy atom. The molecule has 0 aliphatic rings. The molecule has 25 heavy (non-hydrogen) atoms. The summed E-state index contributed by atoms with van der Waals surface area (Å²) in [5.74, 6) is 0.160. The van der Waals surface area contributed by atoms with Crippen LogP contribution in [0.5, 0.6) is 5.75 Å². The average molecular weight is 426 g/mol. The quantitative estimate of drug-likeness (QED) is 0.666. The molecule has 7 heteroatoms. The van der Waals surface area contributed by atoms with Gasteiger partial charge in [-0.2, -0.15) is 0 Å². The van der Waals surface area contributed by atoms with Crippen molar-refractivity contribution in [1.82, 2.24) is 0 Å². The van der Waals surface area contributed by atoms with Gasteiger partial charge in [0.05, 0.1) is 10.7 Å². The highest BCUT2D eigenvalue weighted by Crippen LogP contribution is 2.26. The van der Waals surface area contributed by atoms with E-state index in [1.807, 2.05) is 19.1 Å². The highest BCUT2D eigenvalue weighted by molar-refractivity contribution is 9.10. The lowest BCUT2D eigenvalue weighted by atomic mass is 10.2. The first-order valence-corrected chi connectivity index (χ1v) is 8.92. The summed E-state index contributed by atoms with van der Waals surface area (Å²) in [5, 5.41) is 5.82. The molecule has 0 saturated carbocycles. The van der Waals surface area contributed by atoms with E-state index in [-0.39, 0.29) is 18.4 Å². The summed E-state index contributed by atoms with van der Waals surface area (Å²) in [6, 6.07) is 12.1. The Bertz CT molecular complexity index is 750. The highest BCUT2D eigenvalue weighted by atomic mass is 79.9. The summed E-state index contributed by atoms with van der Waals surface area (Å²) in [4.78, 5) is 23.7. The normalized spacial score (nSPS) is 10.2. The number of carbonyl (C=O) groups is 2. The maximum absolute atomic E-state index is 12.0. The lowest BCUT2D eigenvalue weighted by Crippen LogP contribution is -2.20. The fourth-order valence-electron chi connectivity index (χ4n) is 2.02. The second-order valence-electron chi connectivity index (χ2n) is 5.28. The van der Waals surface area contributed by atoms with Crippen molar-refractivity contribution in [3.05, 3.63) is 52.0 Å². The fourth-order valence-corrected chi connectivity index (χ4v) is 2.44. The molecule has 132 valence electrons. The fraction of sp³-hybridized carbons (Fsp3) is 0.222. The second kappa shape index (κ2) is 9.44. The van der Waals surface area contributed by atoms with Crippen molar-refractivity contribution >= 4 is 50.7 Å². The summed E-state index contributed by atoms with van der Waals surface area (Å²) >= 11 is 9.43. The average Bonchev–Trinajstić information content (AvgIpc) is 2.57. The molecule has 2 aromatic carbocycles. The number of rotatable bonds is 7. The third kappa shape index (κ3) is 6.40. The summed E-state index contributed by atoms with van der Waals surface area (Å²) < 4.78 is 6.34. The summed E-state index contributed by atoms with van der Waals surface area (Å²) in [5.41, 5.74) is 0.993. The number of hydrogen-bond acceptors (Lipinski definition) is 3. The number of amides is 2. The summed E-state index contributed by atoms with van der Waals surface area (Å²) in [7, 11) is 0. The Balaban J connectivity index is 1.94. The Morgan fingerprint density at radius 3 is 2.48 bits per heavy atom. The van der Waals surface area contributed by atoms with E-state index in [2.05, 4.69) is 26.6 Å². The predicted molar refractivity (Wildman–Crippen MR) is 103 cm³/mol. The van der Waals surface area contributed by atoms with Crippen LogP contribution >= 0.6 is 27.5 Å². The molecular formula is C18H18BrClN2O3. The van der Waals surface area contributed by atoms with Gasteiger partial charge < -0.3 is 15.4 Å². The molecule has 0 bridgehead atoms. The first-order chi connectivity index (χ1) is 12.0. The third-order valence-electron chi connectivity index (χ3n) is 3.18. The molecule has 0 radical (unpaired) electrons. The van der Waals surface area contributed by atoms with Gasteiger partial charge in [0.25, 0.3) is 5.91 Å².